The van der Waals surface area contributed by atoms with Crippen molar-refractivity contribution in [2.24, 2.45) is 5.92 Å². The maximum atomic E-state index is 12.4. The molecule has 1 saturated heterocycles. The summed E-state index contributed by atoms with van der Waals surface area (Å²) in [6, 6.07) is 11.7. The van der Waals surface area contributed by atoms with Gasteiger partial charge in [0.25, 0.3) is 0 Å². The first-order chi connectivity index (χ1) is 14.2. The van der Waals surface area contributed by atoms with Crippen LogP contribution in [-0.2, 0) is 17.9 Å². The van der Waals surface area contributed by atoms with Crippen molar-refractivity contribution in [1.29, 1.82) is 0 Å². The summed E-state index contributed by atoms with van der Waals surface area (Å²) in [5.74, 6) is 2.12. The molecule has 0 saturated carbocycles. The summed E-state index contributed by atoms with van der Waals surface area (Å²) in [6.07, 6.45) is 5.70. The molecular weight excluding hydrogens is 366 g/mol. The summed E-state index contributed by atoms with van der Waals surface area (Å²) in [5, 5.41) is 3.02. The fourth-order valence-corrected chi connectivity index (χ4v) is 3.87. The molecule has 1 amide bonds. The summed E-state index contributed by atoms with van der Waals surface area (Å²) in [5.41, 5.74) is 2.06. The standard InChI is InChI=1S/C23H31N3O3/c1-28-21-10-9-19(22(14-21)29-2)15-25-23(27)11-8-18-6-5-13-26(16-18)17-20-7-3-4-12-24-20/h3-4,7,9-10,12,14,18H,5-6,8,11,13,15-17H2,1-2H3,(H,25,27)/t18-/m0/s1. The Bertz CT molecular complexity index is 782. The van der Waals surface area contributed by atoms with Gasteiger partial charge in [0, 0.05) is 43.9 Å². The number of pyridine rings is 1. The third kappa shape index (κ3) is 6.46. The Labute approximate surface area is 173 Å². The highest BCUT2D eigenvalue weighted by Gasteiger charge is 2.21. The number of nitrogens with one attached hydrogen (secondary N) is 1. The second-order valence-corrected chi connectivity index (χ2v) is 7.56. The van der Waals surface area contributed by atoms with E-state index in [2.05, 4.69) is 21.3 Å². The highest BCUT2D eigenvalue weighted by Crippen LogP contribution is 2.25. The number of amides is 1. The summed E-state index contributed by atoms with van der Waals surface area (Å²) in [4.78, 5) is 19.2. The van der Waals surface area contributed by atoms with Gasteiger partial charge in [0.15, 0.2) is 0 Å². The molecular formula is C23H31N3O3. The van der Waals surface area contributed by atoms with E-state index in [4.69, 9.17) is 9.47 Å². The van der Waals surface area contributed by atoms with Crippen LogP contribution in [0, 0.1) is 5.92 Å². The van der Waals surface area contributed by atoms with E-state index < -0.39 is 0 Å². The topological polar surface area (TPSA) is 63.7 Å². The second kappa shape index (κ2) is 10.8. The molecule has 0 radical (unpaired) electrons. The number of carbonyl (C=O) groups excluding carboxylic acids is 1. The van der Waals surface area contributed by atoms with Gasteiger partial charge in [-0.05, 0) is 56.0 Å². The van der Waals surface area contributed by atoms with Gasteiger partial charge >= 0.3 is 0 Å². The van der Waals surface area contributed by atoms with Gasteiger partial charge in [0.05, 0.1) is 19.9 Å². The van der Waals surface area contributed by atoms with Crippen LogP contribution in [0.2, 0.25) is 0 Å². The van der Waals surface area contributed by atoms with E-state index in [1.807, 2.05) is 36.5 Å². The van der Waals surface area contributed by atoms with Gasteiger partial charge in [0.1, 0.15) is 11.5 Å². The molecule has 1 atom stereocenters. The Morgan fingerprint density at radius 3 is 2.90 bits per heavy atom. The van der Waals surface area contributed by atoms with Crippen molar-refractivity contribution in [2.45, 2.75) is 38.8 Å². The van der Waals surface area contributed by atoms with Crippen LogP contribution < -0.4 is 14.8 Å². The number of piperidine rings is 1. The van der Waals surface area contributed by atoms with Crippen molar-refractivity contribution in [1.82, 2.24) is 15.2 Å². The van der Waals surface area contributed by atoms with Crippen LogP contribution in [0.5, 0.6) is 11.5 Å². The maximum absolute atomic E-state index is 12.4. The van der Waals surface area contributed by atoms with Gasteiger partial charge in [-0.3, -0.25) is 14.7 Å². The van der Waals surface area contributed by atoms with E-state index in [1.54, 1.807) is 14.2 Å². The predicted molar refractivity (Wildman–Crippen MR) is 113 cm³/mol. The molecule has 6 heteroatoms. The van der Waals surface area contributed by atoms with Crippen molar-refractivity contribution in [2.75, 3.05) is 27.3 Å². The fourth-order valence-electron chi connectivity index (χ4n) is 3.87. The van der Waals surface area contributed by atoms with Crippen molar-refractivity contribution in [3.63, 3.8) is 0 Å². The molecule has 1 aliphatic heterocycles. The summed E-state index contributed by atoms with van der Waals surface area (Å²) >= 11 is 0. The Hall–Kier alpha value is -2.60. The van der Waals surface area contributed by atoms with E-state index in [0.717, 1.165) is 48.8 Å². The van der Waals surface area contributed by atoms with E-state index in [1.165, 1.54) is 12.8 Å². The van der Waals surface area contributed by atoms with Crippen LogP contribution in [0.1, 0.15) is 36.9 Å². The SMILES string of the molecule is COc1ccc(CNC(=O)CC[C@@H]2CCCN(Cc3ccccn3)C2)c(OC)c1. The van der Waals surface area contributed by atoms with Gasteiger partial charge in [-0.25, -0.2) is 0 Å². The van der Waals surface area contributed by atoms with Crippen molar-refractivity contribution < 1.29 is 14.3 Å². The largest absolute Gasteiger partial charge is 0.497 e. The Morgan fingerprint density at radius 2 is 2.14 bits per heavy atom. The van der Waals surface area contributed by atoms with Gasteiger partial charge in [-0.15, -0.1) is 0 Å². The zero-order chi connectivity index (χ0) is 20.5. The Morgan fingerprint density at radius 1 is 1.24 bits per heavy atom. The highest BCUT2D eigenvalue weighted by atomic mass is 16.5. The molecule has 6 nitrogen and oxygen atoms in total. The third-order valence-corrected chi connectivity index (χ3v) is 5.46. The number of hydrogen-bond acceptors (Lipinski definition) is 5. The van der Waals surface area contributed by atoms with E-state index in [-0.39, 0.29) is 5.91 Å². The van der Waals surface area contributed by atoms with Crippen LogP contribution in [0.4, 0.5) is 0 Å². The monoisotopic (exact) mass is 397 g/mol. The molecule has 0 spiro atoms. The molecule has 1 aromatic heterocycles. The van der Waals surface area contributed by atoms with Crippen molar-refractivity contribution in [3.05, 3.63) is 53.9 Å². The van der Waals surface area contributed by atoms with E-state index in [9.17, 15) is 4.79 Å². The molecule has 2 heterocycles. The number of nitrogens with zero attached hydrogens (tertiary/aromatic N) is 2. The number of hydrogen-bond donors (Lipinski definition) is 1. The number of carbonyl (C=O) groups is 1. The van der Waals surface area contributed by atoms with Crippen molar-refractivity contribution >= 4 is 5.91 Å². The number of benzene rings is 1. The minimum absolute atomic E-state index is 0.0877. The number of ether oxygens (including phenoxy) is 2. The average molecular weight is 398 g/mol. The molecule has 1 N–H and O–H groups in total. The fraction of sp³-hybridized carbons (Fsp3) is 0.478. The molecule has 3 rings (SSSR count). The molecule has 29 heavy (non-hydrogen) atoms. The van der Waals surface area contributed by atoms with Crippen LogP contribution in [0.3, 0.4) is 0 Å². The minimum Gasteiger partial charge on any atom is -0.497 e. The van der Waals surface area contributed by atoms with Gasteiger partial charge in [-0.2, -0.15) is 0 Å². The first-order valence-corrected chi connectivity index (χ1v) is 10.3. The molecule has 1 fully saturated rings. The van der Waals surface area contributed by atoms with E-state index >= 15 is 0 Å². The zero-order valence-electron chi connectivity index (χ0n) is 17.4. The van der Waals surface area contributed by atoms with Crippen LogP contribution in [-0.4, -0.2) is 43.1 Å². The molecule has 1 aromatic carbocycles. The van der Waals surface area contributed by atoms with E-state index in [0.29, 0.717) is 18.9 Å². The number of likely N-dealkylation sites (tertiary alicyclic amines) is 1. The van der Waals surface area contributed by atoms with Crippen LogP contribution in [0.25, 0.3) is 0 Å². The molecule has 156 valence electrons. The summed E-state index contributed by atoms with van der Waals surface area (Å²) in [6.45, 7) is 3.50. The number of rotatable bonds is 9. The first kappa shape index (κ1) is 21.1. The van der Waals surface area contributed by atoms with Crippen molar-refractivity contribution in [3.8, 4) is 11.5 Å². The van der Waals surface area contributed by atoms with Gasteiger partial charge in [-0.1, -0.05) is 6.07 Å². The average Bonchev–Trinajstić information content (AvgIpc) is 2.77. The lowest BCUT2D eigenvalue weighted by Crippen LogP contribution is -2.35. The van der Waals surface area contributed by atoms with Gasteiger partial charge < -0.3 is 14.8 Å². The second-order valence-electron chi connectivity index (χ2n) is 7.56. The smallest absolute Gasteiger partial charge is 0.220 e. The maximum Gasteiger partial charge on any atom is 0.220 e. The normalized spacial score (nSPS) is 17.0. The van der Waals surface area contributed by atoms with Crippen LogP contribution in [0.15, 0.2) is 42.6 Å². The third-order valence-electron chi connectivity index (χ3n) is 5.46. The lowest BCUT2D eigenvalue weighted by molar-refractivity contribution is -0.121. The summed E-state index contributed by atoms with van der Waals surface area (Å²) in [7, 11) is 3.25. The summed E-state index contributed by atoms with van der Waals surface area (Å²) < 4.78 is 10.6. The lowest BCUT2D eigenvalue weighted by Gasteiger charge is -2.32. The van der Waals surface area contributed by atoms with Crippen LogP contribution >= 0.6 is 0 Å². The molecule has 2 aromatic rings. The minimum atomic E-state index is 0.0877. The predicted octanol–water partition coefficient (Wildman–Crippen LogP) is 3.41. The molecule has 0 unspecified atom stereocenters. The first-order valence-electron chi connectivity index (χ1n) is 10.3. The number of aromatic nitrogens is 1. The number of methoxy groups -OCH3 is 2. The molecule has 0 aliphatic carbocycles. The van der Waals surface area contributed by atoms with Gasteiger partial charge in [0.2, 0.25) is 5.91 Å². The Kier molecular flexibility index (Phi) is 7.87. The zero-order valence-corrected chi connectivity index (χ0v) is 17.4. The Balaban J connectivity index is 1.42. The molecule has 1 aliphatic rings. The molecule has 0 bridgehead atoms. The lowest BCUT2D eigenvalue weighted by atomic mass is 9.93. The quantitative estimate of drug-likeness (QED) is 0.703. The highest BCUT2D eigenvalue weighted by molar-refractivity contribution is 5.75.